The molecule has 0 bridgehead atoms. The molecular formula is C46H29AgCl6F10NPPt. The van der Waals surface area contributed by atoms with Crippen molar-refractivity contribution in [2.45, 2.75) is 0 Å². The Morgan fingerprint density at radius 3 is 1.08 bits per heavy atom. The number of halogens is 16. The van der Waals surface area contributed by atoms with Crippen molar-refractivity contribution in [3.05, 3.63) is 216 Å². The Morgan fingerprint density at radius 1 is 0.409 bits per heavy atom. The standard InChI is InChI=1S/C18H15P.C13H8N.2C6F5.3CH2Cl2.Ag.Pt/c1-4-10-16(11-5-1)19(17-12-6-2-7-13-17)18-14-8-3-9-15-18;1-2-6-12-10(4-1)7-8-11-5-3-9-14-13(11)12;2*7-2-1-3(8)5(10)6(11)4(2)9;3*2-1-3;;/h1-15H;1-5,7-9H;;;3*1H2;;/q;3*-1;;;;+1;+2. The number of aromatic nitrogens is 1. The Balaban J connectivity index is 0.000000812. The molecule has 0 spiro atoms. The van der Waals surface area contributed by atoms with Crippen molar-refractivity contribution >= 4 is 115 Å². The SMILES string of the molecule is ClCCl.ClCCl.ClCCl.Fc1[c-]c(F)c(F)c(F)c1F.Fc1[c-]c(F)c(F)c(F)c1F.[Ag+].[Pt+2].[c-]1cccc2ccc3cccnc3c12.c1ccc(P(c2ccccc2)c2ccccc2)cc1. The molecule has 66 heavy (non-hydrogen) atoms. The first-order valence-corrected chi connectivity index (χ1v) is 22.0. The average Bonchev–Trinajstić information content (AvgIpc) is 3.31. The predicted molar refractivity (Wildman–Crippen MR) is 243 cm³/mol. The predicted octanol–water partition coefficient (Wildman–Crippen LogP) is 15.3. The Bertz CT molecular complexity index is 2330. The van der Waals surface area contributed by atoms with Gasteiger partial charge < -0.3 is 4.98 Å². The molecule has 1 heterocycles. The molecule has 0 saturated carbocycles. The van der Waals surface area contributed by atoms with Gasteiger partial charge in [-0.2, -0.15) is 0 Å². The topological polar surface area (TPSA) is 12.9 Å². The zero-order valence-corrected chi connectivity index (χ0v) is 42.1. The van der Waals surface area contributed by atoms with E-state index in [0.29, 0.717) is 0 Å². The van der Waals surface area contributed by atoms with Crippen molar-refractivity contribution in [1.29, 1.82) is 0 Å². The maximum Gasteiger partial charge on any atom is 2.00 e. The van der Waals surface area contributed by atoms with Crippen LogP contribution in [0.1, 0.15) is 0 Å². The first-order valence-electron chi connectivity index (χ1n) is 17.5. The summed E-state index contributed by atoms with van der Waals surface area (Å²) >= 11 is 28.6. The molecule has 7 aromatic carbocycles. The van der Waals surface area contributed by atoms with Crippen LogP contribution in [0, 0.1) is 76.4 Å². The molecule has 1 aromatic heterocycles. The molecule has 0 N–H and O–H groups in total. The largest absolute Gasteiger partial charge is 2.00 e. The van der Waals surface area contributed by atoms with E-state index in [0.717, 1.165) is 23.0 Å². The summed E-state index contributed by atoms with van der Waals surface area (Å²) in [5.41, 5.74) is 1.03. The van der Waals surface area contributed by atoms with Gasteiger partial charge in [-0.3, -0.25) is 17.6 Å². The second-order valence-electron chi connectivity index (χ2n) is 11.3. The van der Waals surface area contributed by atoms with Crippen LogP contribution in [0.15, 0.2) is 140 Å². The third-order valence-electron chi connectivity index (χ3n) is 7.43. The molecule has 0 unspecified atom stereocenters. The van der Waals surface area contributed by atoms with Crippen molar-refractivity contribution in [3.8, 4) is 0 Å². The summed E-state index contributed by atoms with van der Waals surface area (Å²) in [5, 5.41) is 8.24. The molecule has 356 valence electrons. The van der Waals surface area contributed by atoms with Crippen LogP contribution in [0.2, 0.25) is 0 Å². The molecule has 0 amide bonds. The van der Waals surface area contributed by atoms with Gasteiger partial charge in [-0.25, -0.2) is 26.3 Å². The van der Waals surface area contributed by atoms with Crippen LogP contribution in [0.25, 0.3) is 21.7 Å². The Labute approximate surface area is 435 Å². The maximum absolute atomic E-state index is 12.0. The van der Waals surface area contributed by atoms with E-state index in [2.05, 4.69) is 126 Å². The number of hydrogen-bond acceptors (Lipinski definition) is 1. The molecule has 0 radical (unpaired) electrons. The number of alkyl halides is 6. The molecule has 0 fully saturated rings. The molecule has 0 saturated heterocycles. The van der Waals surface area contributed by atoms with Gasteiger partial charge in [0.2, 0.25) is 0 Å². The zero-order chi connectivity index (χ0) is 47.6. The summed E-state index contributed by atoms with van der Waals surface area (Å²) < 4.78 is 120. The van der Waals surface area contributed by atoms with E-state index in [9.17, 15) is 43.9 Å². The van der Waals surface area contributed by atoms with Crippen molar-refractivity contribution < 1.29 is 87.3 Å². The van der Waals surface area contributed by atoms with Gasteiger partial charge in [0.15, 0.2) is 0 Å². The van der Waals surface area contributed by atoms with Gasteiger partial charge in [-0.15, -0.1) is 117 Å². The molecule has 8 rings (SSSR count). The minimum absolute atomic E-state index is 0. The summed E-state index contributed by atoms with van der Waals surface area (Å²) in [6, 6.07) is 51.8. The second-order valence-corrected chi connectivity index (χ2v) is 16.0. The number of hydrogen-bond donors (Lipinski definition) is 0. The molecule has 0 atom stereocenters. The van der Waals surface area contributed by atoms with Crippen molar-refractivity contribution in [2.75, 3.05) is 16.0 Å². The van der Waals surface area contributed by atoms with Crippen LogP contribution in [-0.4, -0.2) is 21.0 Å². The smallest absolute Gasteiger partial charge is 0.304 e. The van der Waals surface area contributed by atoms with Crippen LogP contribution >= 0.6 is 77.5 Å². The third kappa shape index (κ3) is 20.4. The van der Waals surface area contributed by atoms with E-state index < -0.39 is 66.1 Å². The molecule has 1 nitrogen and oxygen atoms in total. The first kappa shape index (κ1) is 63.1. The summed E-state index contributed by atoms with van der Waals surface area (Å²) in [6.45, 7) is 0. The van der Waals surface area contributed by atoms with Crippen LogP contribution in [0.4, 0.5) is 43.9 Å². The van der Waals surface area contributed by atoms with Crippen LogP contribution in [0.5, 0.6) is 0 Å². The first-order chi connectivity index (χ1) is 30.7. The number of nitrogens with zero attached hydrogens (tertiary/aromatic N) is 1. The molecule has 0 aliphatic rings. The summed E-state index contributed by atoms with van der Waals surface area (Å²) in [5.74, 6) is -20.1. The number of rotatable bonds is 3. The third-order valence-corrected chi connectivity index (χ3v) is 9.87. The number of pyridine rings is 1. The summed E-state index contributed by atoms with van der Waals surface area (Å²) in [7, 11) is -0.446. The quantitative estimate of drug-likeness (QED) is 0.0251. The molecule has 20 heteroatoms. The molecule has 0 aliphatic carbocycles. The number of benzene rings is 7. The Morgan fingerprint density at radius 2 is 0.727 bits per heavy atom. The van der Waals surface area contributed by atoms with E-state index in [1.54, 1.807) is 0 Å². The maximum atomic E-state index is 12.0. The molecule has 8 aromatic rings. The van der Waals surface area contributed by atoms with E-state index in [1.807, 2.05) is 24.4 Å². The number of fused-ring (bicyclic) bond motifs is 3. The van der Waals surface area contributed by atoms with Crippen LogP contribution < -0.4 is 15.9 Å². The van der Waals surface area contributed by atoms with Gasteiger partial charge in [-0.1, -0.05) is 109 Å². The van der Waals surface area contributed by atoms with Gasteiger partial charge in [0.25, 0.3) is 0 Å². The van der Waals surface area contributed by atoms with Crippen LogP contribution in [-0.2, 0) is 43.4 Å². The van der Waals surface area contributed by atoms with Crippen molar-refractivity contribution in [3.63, 3.8) is 0 Å². The van der Waals surface area contributed by atoms with E-state index >= 15 is 0 Å². The van der Waals surface area contributed by atoms with Gasteiger partial charge in [0, 0.05) is 6.20 Å². The van der Waals surface area contributed by atoms with Crippen LogP contribution in [0.3, 0.4) is 0 Å². The summed E-state index contributed by atoms with van der Waals surface area (Å²) in [4.78, 5) is 4.38. The van der Waals surface area contributed by atoms with Gasteiger partial charge >= 0.3 is 43.4 Å². The minimum atomic E-state index is -2.17. The van der Waals surface area contributed by atoms with E-state index in [1.165, 1.54) is 26.7 Å². The monoisotopic (exact) mass is 1330 g/mol. The fraction of sp³-hybridized carbons (Fsp3) is 0.0652. The Kier molecular flexibility index (Phi) is 33.7. The minimum Gasteiger partial charge on any atom is -0.304 e. The average molecular weight is 1330 g/mol. The van der Waals surface area contributed by atoms with Crippen molar-refractivity contribution in [1.82, 2.24) is 4.98 Å². The van der Waals surface area contributed by atoms with E-state index in [-0.39, 0.29) is 59.5 Å². The van der Waals surface area contributed by atoms with Gasteiger partial charge in [0.05, 0.1) is 74.2 Å². The fourth-order valence-corrected chi connectivity index (χ4v) is 7.21. The fourth-order valence-electron chi connectivity index (χ4n) is 4.90. The van der Waals surface area contributed by atoms with E-state index in [4.69, 9.17) is 69.6 Å². The normalized spacial score (nSPS) is 9.59. The molecular weight excluding hydrogens is 1300 g/mol. The van der Waals surface area contributed by atoms with Gasteiger partial charge in [-0.05, 0) is 40.8 Å². The zero-order valence-electron chi connectivity index (χ0n) is 33.0. The van der Waals surface area contributed by atoms with Gasteiger partial charge in [0.1, 0.15) is 0 Å². The second kappa shape index (κ2) is 35.3. The Hall–Kier alpha value is -2.89. The molecule has 0 aliphatic heterocycles. The van der Waals surface area contributed by atoms with Crippen molar-refractivity contribution in [2.24, 2.45) is 0 Å². The summed E-state index contributed by atoms with van der Waals surface area (Å²) in [6.07, 6.45) is 1.82.